The first-order valence-corrected chi connectivity index (χ1v) is 12.6. The molecule has 0 aliphatic heterocycles. The Kier molecular flexibility index (Phi) is 421. The van der Waals surface area contributed by atoms with E-state index in [0.717, 1.165) is 0 Å². The van der Waals surface area contributed by atoms with Crippen LogP contribution in [0.15, 0.2) is 0 Å². The Morgan fingerprint density at radius 1 is 0.111 bits per heavy atom. The predicted octanol–water partition coefficient (Wildman–Crippen LogP) is -26.1. The van der Waals surface area contributed by atoms with E-state index in [4.69, 9.17) is 300 Å². The second-order valence-corrected chi connectivity index (χ2v) is 5.33. The number of carbonyl (C=O) groups is 20. The van der Waals surface area contributed by atoms with E-state index in [9.17, 15) is 0 Å². The Balaban J connectivity index is -0.0000000150. The van der Waals surface area contributed by atoms with E-state index < -0.39 is 123 Å². The Morgan fingerprint density at radius 2 is 0.111 bits per heavy atom. The van der Waals surface area contributed by atoms with Gasteiger partial charge in [-0.25, -0.2) is 47.9 Å². The molecule has 0 aromatic carbocycles. The van der Waals surface area contributed by atoms with Crippen LogP contribution < -0.4 is 102 Å². The van der Waals surface area contributed by atoms with E-state index in [-0.39, 0.29) is 377 Å². The van der Waals surface area contributed by atoms with Crippen molar-refractivity contribution in [1.82, 2.24) is 0 Å². The van der Waals surface area contributed by atoms with E-state index in [1.165, 1.54) is 0 Å². The average molecular weight is 1620 g/mol. The Morgan fingerprint density at radius 3 is 0.111 bits per heavy atom. The average Bonchev–Trinajstić information content (AvgIpc) is 2.99. The van der Waals surface area contributed by atoms with Gasteiger partial charge in [0.1, 0.15) is 0 Å². The second kappa shape index (κ2) is 191. The number of carbonyl (C=O) groups excluding carboxylic acids is 10. The van der Waals surface area contributed by atoms with Crippen molar-refractivity contribution < 1.29 is 300 Å². The van der Waals surface area contributed by atoms with Crippen LogP contribution in [0.4, 0.5) is 95.9 Å². The van der Waals surface area contributed by atoms with Crippen LogP contribution in [0.3, 0.4) is 0 Å². The third-order valence-electron chi connectivity index (χ3n) is 0. The molecule has 480 valence electrons. The van der Waals surface area contributed by atoms with Gasteiger partial charge in [0.15, 0.2) is 0 Å². The van der Waals surface area contributed by atoms with Crippen LogP contribution in [0, 0.1) is 0 Å². The smallest absolute Gasteiger partial charge is 0.652 e. The molecule has 0 aromatic rings. The van der Waals surface area contributed by atoms with Gasteiger partial charge in [-0.05, 0) is 61.6 Å². The molecular weight excluding hydrogens is 1600 g/mol. The fourth-order valence-electron chi connectivity index (χ4n) is 0. The van der Waals surface area contributed by atoms with Gasteiger partial charge in [-0.3, -0.25) is 0 Å². The van der Waals surface area contributed by atoms with Crippen molar-refractivity contribution in [2.24, 2.45) is 0 Å². The van der Waals surface area contributed by atoms with E-state index in [0.29, 0.717) is 0 Å². The summed E-state index contributed by atoms with van der Waals surface area (Å²) in [6.45, 7) is 0. The van der Waals surface area contributed by atoms with Crippen LogP contribution >= 0.6 is 0 Å². The third-order valence-corrected chi connectivity index (χ3v) is 0. The summed E-state index contributed by atoms with van der Waals surface area (Å²) in [4.78, 5) is 169. The summed E-state index contributed by atoms with van der Waals surface area (Å²) in [7, 11) is 0. The van der Waals surface area contributed by atoms with Gasteiger partial charge < -0.3 is 252 Å². The summed E-state index contributed by atoms with van der Waals surface area (Å²) >= 11 is 0. The summed E-state index contributed by atoms with van der Waals surface area (Å²) in [6.07, 6.45) is -41.7. The monoisotopic (exact) mass is 1620 g/mol. The quantitative estimate of drug-likeness (QED) is 0.100. The van der Waals surface area contributed by atoms with Gasteiger partial charge in [0, 0.05) is 0 Å². The maximum Gasteiger partial charge on any atom is 2.00 e. The predicted molar refractivity (Wildman–Crippen MR) is 218 cm³/mol. The molecule has 0 bridgehead atoms. The number of rotatable bonds is 0. The maximum absolute atomic E-state index is 8.56. The van der Waals surface area contributed by atoms with Crippen LogP contribution in [0.25, 0.3) is 0 Å². The van der Waals surface area contributed by atoms with Gasteiger partial charge in [0.2, 0.25) is 0 Å². The molecule has 0 aliphatic carbocycles. The molecule has 0 atom stereocenters. The minimum atomic E-state index is -2.33. The van der Waals surface area contributed by atoms with Crippen LogP contribution in [0.5, 0.6) is 0 Å². The van der Waals surface area contributed by atoms with Crippen molar-refractivity contribution in [3.8, 4) is 0 Å². The van der Waals surface area contributed by atoms with Crippen molar-refractivity contribution in [3.63, 3.8) is 0 Å². The zero-order valence-electron chi connectivity index (χ0n) is 42.3. The number of hydrogen-bond donors (Lipinski definition) is 20. The molecule has 0 rings (SSSR count). The summed E-state index contributed by atoms with van der Waals surface area (Å²) in [5.41, 5.74) is 0. The van der Waals surface area contributed by atoms with E-state index in [1.54, 1.807) is 0 Å². The molecule has 0 aromatic heterocycles. The van der Waals surface area contributed by atoms with Crippen LogP contribution in [-0.4, -0.2) is 603 Å². The molecule has 70 heteroatoms. The van der Waals surface area contributed by atoms with Gasteiger partial charge in [-0.15, -0.1) is 0 Å². The van der Waals surface area contributed by atoms with Gasteiger partial charge in [0.25, 0.3) is 0 Å². The topological polar surface area (TPSA) is 1210 Å². The molecule has 0 amide bonds. The number of carboxylic acid groups (broad SMARTS) is 40. The summed E-state index contributed by atoms with van der Waals surface area (Å²) < 4.78 is 0. The molecule has 0 radical (unpaired) electrons. The van der Waals surface area contributed by atoms with Crippen molar-refractivity contribution in [3.05, 3.63) is 0 Å². The molecular formula is C20H20Ca10O60. The van der Waals surface area contributed by atoms with E-state index in [2.05, 4.69) is 0 Å². The Labute approximate surface area is 785 Å². The maximum atomic E-state index is 8.56. The van der Waals surface area contributed by atoms with Gasteiger partial charge in [-0.1, -0.05) is 0 Å². The fraction of sp³-hybridized carbons (Fsp3) is 0. The molecule has 0 spiro atoms. The first-order valence-electron chi connectivity index (χ1n) is 12.6. The Bertz CT molecular complexity index is 1090. The van der Waals surface area contributed by atoms with Crippen molar-refractivity contribution in [2.75, 3.05) is 0 Å². The number of hydrogen-bond acceptors (Lipinski definition) is 40. The first-order chi connectivity index (χ1) is 34.6. The minimum absolute atomic E-state index is 0. The second-order valence-electron chi connectivity index (χ2n) is 5.33. The SMILES string of the molecule is O=C(O)O.O=C(O)O.O=C(O)O.O=C(O)O.O=C(O)O.O=C(O)O.O=C(O)O.O=C(O)O.O=C(O)O.O=C(O)O.O=C([O-])[O-].O=C([O-])[O-].O=C([O-])[O-].O=C([O-])[O-].O=C([O-])[O-].O=C([O-])[O-].O=C([O-])[O-].O=C([O-])[O-].O=C([O-])[O-].O=C([O-])[O-].[Ca+2].[Ca+2].[Ca+2].[Ca+2].[Ca+2].[Ca+2].[Ca+2].[Ca+2].[Ca+2].[Ca+2]. The van der Waals surface area contributed by atoms with Crippen molar-refractivity contribution >= 4 is 500 Å². The Hall–Kier alpha value is -2.00. The van der Waals surface area contributed by atoms with Crippen molar-refractivity contribution in [1.29, 1.82) is 0 Å². The van der Waals surface area contributed by atoms with Crippen LogP contribution in [0.2, 0.25) is 0 Å². The van der Waals surface area contributed by atoms with Crippen molar-refractivity contribution in [2.45, 2.75) is 0 Å². The molecule has 0 saturated carbocycles. The zero-order valence-corrected chi connectivity index (χ0v) is 64.4. The van der Waals surface area contributed by atoms with Crippen LogP contribution in [-0.2, 0) is 0 Å². The normalized spacial score (nSPS) is 5.33. The standard InChI is InChI=1S/20CH2O3.10Ca/c20*2-1(3)4;;;;;;;;;;/h20*(H2,2,3,4);;;;;;;;;;/q;;;;;;;;;;;;;;;;;;;;10*+2/p-20. The minimum Gasteiger partial charge on any atom is -0.652 e. The molecule has 0 aliphatic rings. The fourth-order valence-corrected chi connectivity index (χ4v) is 0. The van der Waals surface area contributed by atoms with E-state index in [1.807, 2.05) is 0 Å². The van der Waals surface area contributed by atoms with E-state index >= 15 is 0 Å². The summed E-state index contributed by atoms with van der Waals surface area (Å²) in [5, 5.41) is 306. The third kappa shape index (κ3) is 155000. The first kappa shape index (κ1) is 198. The molecule has 0 saturated heterocycles. The molecule has 90 heavy (non-hydrogen) atoms. The zero-order chi connectivity index (χ0) is 71.5. The summed E-state index contributed by atoms with van der Waals surface area (Å²) in [5.74, 6) is 0. The van der Waals surface area contributed by atoms with Crippen LogP contribution in [0.1, 0.15) is 0 Å². The molecule has 0 heterocycles. The largest absolute Gasteiger partial charge is 2.00 e. The molecule has 0 unspecified atom stereocenters. The molecule has 60 nitrogen and oxygen atoms in total. The summed E-state index contributed by atoms with van der Waals surface area (Å²) in [6, 6.07) is 0. The van der Waals surface area contributed by atoms with Gasteiger partial charge in [-0.2, -0.15) is 0 Å². The van der Waals surface area contributed by atoms with Gasteiger partial charge >= 0.3 is 439 Å². The van der Waals surface area contributed by atoms with Gasteiger partial charge in [0.05, 0.1) is 0 Å². The molecule has 0 fully saturated rings. The molecule has 20 N–H and O–H groups in total.